The number of rotatable bonds is 6. The maximum absolute atomic E-state index is 12.7. The van der Waals surface area contributed by atoms with Gasteiger partial charge < -0.3 is 5.11 Å². The second-order valence-corrected chi connectivity index (χ2v) is 8.00. The Balaban J connectivity index is 3.45. The van der Waals surface area contributed by atoms with Crippen LogP contribution in [0.5, 0.6) is 0 Å². The maximum Gasteiger partial charge on any atom is 0.308 e. The molecule has 0 saturated carbocycles. The van der Waals surface area contributed by atoms with Gasteiger partial charge >= 0.3 is 5.97 Å². The van der Waals surface area contributed by atoms with Crippen molar-refractivity contribution in [3.05, 3.63) is 40.9 Å². The summed E-state index contributed by atoms with van der Waals surface area (Å²) in [6.45, 7) is 3.28. The van der Waals surface area contributed by atoms with Crippen LogP contribution in [-0.2, 0) is 14.6 Å². The van der Waals surface area contributed by atoms with Gasteiger partial charge in [0, 0.05) is 0 Å². The smallest absolute Gasteiger partial charge is 0.308 e. The van der Waals surface area contributed by atoms with Gasteiger partial charge in [0.05, 0.1) is 16.1 Å². The Labute approximate surface area is 134 Å². The molecule has 0 aliphatic carbocycles. The highest BCUT2D eigenvalue weighted by Gasteiger charge is 2.39. The summed E-state index contributed by atoms with van der Waals surface area (Å²) in [4.78, 5) is 11.5. The van der Waals surface area contributed by atoms with Crippen LogP contribution in [0.4, 0.5) is 0 Å². The highest BCUT2D eigenvalue weighted by atomic mass is 35.5. The molecule has 0 radical (unpaired) electrons. The highest BCUT2D eigenvalue weighted by Crippen LogP contribution is 2.30. The molecule has 1 aromatic rings. The number of carboxylic acid groups (broad SMARTS) is 1. The van der Waals surface area contributed by atoms with Crippen molar-refractivity contribution < 1.29 is 18.3 Å². The van der Waals surface area contributed by atoms with E-state index in [9.17, 15) is 18.3 Å². The van der Waals surface area contributed by atoms with Gasteiger partial charge in [-0.3, -0.25) is 4.79 Å². The molecule has 0 aromatic heterocycles. The number of carboxylic acids is 1. The Morgan fingerprint density at radius 3 is 2.10 bits per heavy atom. The van der Waals surface area contributed by atoms with Gasteiger partial charge in [-0.25, -0.2) is 8.42 Å². The molecular weight excluding hydrogens is 335 g/mol. The second kappa shape index (κ2) is 7.29. The molecule has 4 nitrogen and oxygen atoms in total. The monoisotopic (exact) mass is 350 g/mol. The van der Waals surface area contributed by atoms with Crippen LogP contribution in [-0.4, -0.2) is 24.7 Å². The molecule has 0 aliphatic heterocycles. The third-order valence-electron chi connectivity index (χ3n) is 3.08. The predicted octanol–water partition coefficient (Wildman–Crippen LogP) is 3.50. The summed E-state index contributed by atoms with van der Waals surface area (Å²) in [6, 6.07) is 7.65. The first-order chi connectivity index (χ1) is 9.67. The second-order valence-electron chi connectivity index (χ2n) is 4.89. The van der Waals surface area contributed by atoms with Crippen LogP contribution >= 0.6 is 23.2 Å². The number of aliphatic carboxylic acids is 1. The van der Waals surface area contributed by atoms with E-state index < -0.39 is 32.9 Å². The molecule has 0 heterocycles. The van der Waals surface area contributed by atoms with Crippen LogP contribution in [0.2, 0.25) is 0 Å². The molecule has 1 aromatic carbocycles. The van der Waals surface area contributed by atoms with E-state index in [4.69, 9.17) is 23.2 Å². The van der Waals surface area contributed by atoms with Crippen LogP contribution in [0.3, 0.4) is 0 Å². The number of carbonyl (C=O) groups is 1. The van der Waals surface area contributed by atoms with E-state index in [0.717, 1.165) is 6.08 Å². The zero-order valence-electron chi connectivity index (χ0n) is 11.5. The Morgan fingerprint density at radius 2 is 1.71 bits per heavy atom. The lowest BCUT2D eigenvalue weighted by atomic mass is 9.92. The topological polar surface area (TPSA) is 71.4 Å². The molecule has 7 heteroatoms. The summed E-state index contributed by atoms with van der Waals surface area (Å²) in [7, 11) is -3.91. The minimum absolute atomic E-state index is 0.0349. The van der Waals surface area contributed by atoms with Crippen molar-refractivity contribution >= 4 is 39.0 Å². The Bertz CT molecular complexity index is 620. The summed E-state index contributed by atoms with van der Waals surface area (Å²) in [5, 5.41) is 8.03. The van der Waals surface area contributed by atoms with E-state index in [1.807, 2.05) is 0 Å². The molecule has 2 unspecified atom stereocenters. The van der Waals surface area contributed by atoms with Crippen molar-refractivity contribution in [3.63, 3.8) is 0 Å². The first-order valence-corrected chi connectivity index (χ1v) is 8.52. The molecule has 0 fully saturated rings. The van der Waals surface area contributed by atoms with Crippen molar-refractivity contribution in [2.45, 2.75) is 24.0 Å². The van der Waals surface area contributed by atoms with Crippen LogP contribution in [0.1, 0.15) is 13.8 Å². The predicted molar refractivity (Wildman–Crippen MR) is 83.2 cm³/mol. The fourth-order valence-electron chi connectivity index (χ4n) is 2.08. The summed E-state index contributed by atoms with van der Waals surface area (Å²) in [5.74, 6) is -2.77. The van der Waals surface area contributed by atoms with E-state index >= 15 is 0 Å². The van der Waals surface area contributed by atoms with Crippen LogP contribution in [0, 0.1) is 11.8 Å². The number of hydrogen-bond acceptors (Lipinski definition) is 3. The van der Waals surface area contributed by atoms with Gasteiger partial charge in [0.15, 0.2) is 9.84 Å². The van der Waals surface area contributed by atoms with Crippen molar-refractivity contribution in [3.8, 4) is 0 Å². The quantitative estimate of drug-likeness (QED) is 0.851. The third-order valence-corrected chi connectivity index (χ3v) is 5.40. The van der Waals surface area contributed by atoms with E-state index in [1.54, 1.807) is 32.0 Å². The average molecular weight is 351 g/mol. The van der Waals surface area contributed by atoms with Gasteiger partial charge in [-0.2, -0.15) is 0 Å². The summed E-state index contributed by atoms with van der Waals surface area (Å²) in [6.07, 6.45) is 1.07. The molecule has 0 saturated heterocycles. The molecule has 0 spiro atoms. The number of benzene rings is 1. The summed E-state index contributed by atoms with van der Waals surface area (Å²) < 4.78 is 25.1. The van der Waals surface area contributed by atoms with E-state index in [1.165, 1.54) is 12.1 Å². The maximum atomic E-state index is 12.7. The standard InChI is InChI=1S/C14H16Cl2O4S/c1-9(2)13(14(17)18)11(8-12(15)16)21(19,20)10-6-4-3-5-7-10/h3-9,11,13H,1-2H3,(H,17,18). The highest BCUT2D eigenvalue weighted by molar-refractivity contribution is 7.92. The first-order valence-electron chi connectivity index (χ1n) is 6.22. The van der Waals surface area contributed by atoms with Gasteiger partial charge in [0.2, 0.25) is 0 Å². The largest absolute Gasteiger partial charge is 0.481 e. The number of halogens is 2. The van der Waals surface area contributed by atoms with Crippen LogP contribution in [0.25, 0.3) is 0 Å². The lowest BCUT2D eigenvalue weighted by Gasteiger charge is -2.24. The molecule has 21 heavy (non-hydrogen) atoms. The van der Waals surface area contributed by atoms with Gasteiger partial charge in [-0.05, 0) is 24.1 Å². The minimum atomic E-state index is -3.91. The minimum Gasteiger partial charge on any atom is -0.481 e. The summed E-state index contributed by atoms with van der Waals surface area (Å²) in [5.41, 5.74) is 0. The average Bonchev–Trinajstić information content (AvgIpc) is 2.37. The Morgan fingerprint density at radius 1 is 1.19 bits per heavy atom. The van der Waals surface area contributed by atoms with Crippen molar-refractivity contribution in [1.29, 1.82) is 0 Å². The SMILES string of the molecule is CC(C)C(C(=O)O)C(C=C(Cl)Cl)S(=O)(=O)c1ccccc1. The fourth-order valence-corrected chi connectivity index (χ4v) is 4.49. The Hall–Kier alpha value is -1.04. The van der Waals surface area contributed by atoms with Crippen molar-refractivity contribution in [2.24, 2.45) is 11.8 Å². The lowest BCUT2D eigenvalue weighted by Crippen LogP contribution is -2.37. The van der Waals surface area contributed by atoms with E-state index in [-0.39, 0.29) is 9.39 Å². The molecule has 0 aliphatic rings. The number of sulfone groups is 1. The summed E-state index contributed by atoms with van der Waals surface area (Å²) >= 11 is 11.2. The van der Waals surface area contributed by atoms with Gasteiger partial charge in [-0.1, -0.05) is 55.2 Å². The van der Waals surface area contributed by atoms with E-state index in [0.29, 0.717) is 0 Å². The normalized spacial score (nSPS) is 14.5. The van der Waals surface area contributed by atoms with Gasteiger partial charge in [0.25, 0.3) is 0 Å². The third kappa shape index (κ3) is 4.46. The molecule has 0 bridgehead atoms. The lowest BCUT2D eigenvalue weighted by molar-refractivity contribution is -0.142. The molecule has 0 amide bonds. The molecule has 1 N–H and O–H groups in total. The zero-order chi connectivity index (χ0) is 16.2. The van der Waals surface area contributed by atoms with Crippen molar-refractivity contribution in [1.82, 2.24) is 0 Å². The van der Waals surface area contributed by atoms with Crippen LogP contribution in [0.15, 0.2) is 45.8 Å². The van der Waals surface area contributed by atoms with Crippen molar-refractivity contribution in [2.75, 3.05) is 0 Å². The molecule has 2 atom stereocenters. The fraction of sp³-hybridized carbons (Fsp3) is 0.357. The zero-order valence-corrected chi connectivity index (χ0v) is 13.9. The Kier molecular flexibility index (Phi) is 6.25. The molecule has 1 rings (SSSR count). The van der Waals surface area contributed by atoms with Gasteiger partial charge in [-0.15, -0.1) is 0 Å². The first kappa shape index (κ1) is 18.0. The number of hydrogen-bond donors (Lipinski definition) is 1. The van der Waals surface area contributed by atoms with Crippen LogP contribution < -0.4 is 0 Å². The van der Waals surface area contributed by atoms with Gasteiger partial charge in [0.1, 0.15) is 4.49 Å². The molecular formula is C14H16Cl2O4S. The van der Waals surface area contributed by atoms with E-state index in [2.05, 4.69) is 0 Å². The molecule has 116 valence electrons.